The quantitative estimate of drug-likeness (QED) is 0.850. The molecule has 2 atom stereocenters. The van der Waals surface area contributed by atoms with Gasteiger partial charge in [0.25, 0.3) is 0 Å². The molecule has 5 heteroatoms. The van der Waals surface area contributed by atoms with Gasteiger partial charge in [-0.15, -0.1) is 0 Å². The SMILES string of the molecule is CCC1CC1NS(=O)(=O)c1cc(CN)ccc1C. The molecule has 0 radical (unpaired) electrons. The summed E-state index contributed by atoms with van der Waals surface area (Å²) in [5.41, 5.74) is 7.15. The first-order chi connectivity index (χ1) is 8.47. The van der Waals surface area contributed by atoms with Crippen LogP contribution in [0.3, 0.4) is 0 Å². The van der Waals surface area contributed by atoms with Crippen molar-refractivity contribution in [1.29, 1.82) is 0 Å². The second-order valence-electron chi connectivity index (χ2n) is 4.94. The average molecular weight is 268 g/mol. The third-order valence-electron chi connectivity index (χ3n) is 3.53. The van der Waals surface area contributed by atoms with E-state index in [1.165, 1.54) is 0 Å². The zero-order valence-electron chi connectivity index (χ0n) is 10.8. The number of nitrogens with one attached hydrogen (secondary N) is 1. The van der Waals surface area contributed by atoms with Crippen LogP contribution in [0.2, 0.25) is 0 Å². The molecule has 1 aromatic carbocycles. The Bertz CT molecular complexity index is 540. The number of nitrogens with two attached hydrogens (primary N) is 1. The Morgan fingerprint density at radius 1 is 1.44 bits per heavy atom. The summed E-state index contributed by atoms with van der Waals surface area (Å²) >= 11 is 0. The van der Waals surface area contributed by atoms with E-state index in [9.17, 15) is 8.42 Å². The van der Waals surface area contributed by atoms with Gasteiger partial charge in [0, 0.05) is 12.6 Å². The Kier molecular flexibility index (Phi) is 3.75. The Hall–Kier alpha value is -0.910. The molecule has 0 bridgehead atoms. The summed E-state index contributed by atoms with van der Waals surface area (Å²) in [5, 5.41) is 0. The molecule has 18 heavy (non-hydrogen) atoms. The number of hydrogen-bond donors (Lipinski definition) is 2. The highest BCUT2D eigenvalue weighted by atomic mass is 32.2. The Morgan fingerprint density at radius 3 is 2.72 bits per heavy atom. The van der Waals surface area contributed by atoms with Gasteiger partial charge in [-0.3, -0.25) is 0 Å². The lowest BCUT2D eigenvalue weighted by atomic mass is 10.1. The van der Waals surface area contributed by atoms with Crippen molar-refractivity contribution >= 4 is 10.0 Å². The van der Waals surface area contributed by atoms with Gasteiger partial charge in [-0.2, -0.15) is 0 Å². The Labute approximate surface area is 109 Å². The van der Waals surface area contributed by atoms with Crippen LogP contribution in [-0.2, 0) is 16.6 Å². The van der Waals surface area contributed by atoms with Crippen LogP contribution in [-0.4, -0.2) is 14.5 Å². The summed E-state index contributed by atoms with van der Waals surface area (Å²) in [6.07, 6.45) is 1.97. The summed E-state index contributed by atoms with van der Waals surface area (Å²) in [6, 6.07) is 5.45. The van der Waals surface area contributed by atoms with Crippen molar-refractivity contribution in [2.45, 2.75) is 44.2 Å². The van der Waals surface area contributed by atoms with E-state index in [2.05, 4.69) is 11.6 Å². The van der Waals surface area contributed by atoms with E-state index in [4.69, 9.17) is 5.73 Å². The fourth-order valence-corrected chi connectivity index (χ4v) is 3.78. The first kappa shape index (κ1) is 13.5. The molecular weight excluding hydrogens is 248 g/mol. The van der Waals surface area contributed by atoms with Crippen LogP contribution < -0.4 is 10.5 Å². The van der Waals surface area contributed by atoms with Crippen molar-refractivity contribution in [3.63, 3.8) is 0 Å². The minimum atomic E-state index is -3.41. The van der Waals surface area contributed by atoms with E-state index in [0.717, 1.165) is 24.0 Å². The molecule has 0 aromatic heterocycles. The zero-order chi connectivity index (χ0) is 13.3. The molecule has 1 fully saturated rings. The number of sulfonamides is 1. The molecule has 0 aliphatic heterocycles. The summed E-state index contributed by atoms with van der Waals surface area (Å²) in [7, 11) is -3.41. The largest absolute Gasteiger partial charge is 0.326 e. The van der Waals surface area contributed by atoms with Gasteiger partial charge >= 0.3 is 0 Å². The van der Waals surface area contributed by atoms with Crippen LogP contribution in [0, 0.1) is 12.8 Å². The molecule has 2 unspecified atom stereocenters. The third-order valence-corrected chi connectivity index (χ3v) is 5.16. The number of aryl methyl sites for hydroxylation is 1. The second kappa shape index (κ2) is 4.99. The van der Waals surface area contributed by atoms with Crippen LogP contribution >= 0.6 is 0 Å². The normalized spacial score (nSPS) is 23.1. The highest BCUT2D eigenvalue weighted by Crippen LogP contribution is 2.34. The average Bonchev–Trinajstić information content (AvgIpc) is 3.07. The molecule has 1 saturated carbocycles. The minimum Gasteiger partial charge on any atom is -0.326 e. The molecule has 1 aromatic rings. The predicted molar refractivity (Wildman–Crippen MR) is 71.6 cm³/mol. The van der Waals surface area contributed by atoms with Crippen LogP contribution in [0.15, 0.2) is 23.1 Å². The fraction of sp³-hybridized carbons (Fsp3) is 0.538. The van der Waals surface area contributed by atoms with Gasteiger partial charge in [-0.25, -0.2) is 13.1 Å². The van der Waals surface area contributed by atoms with Crippen molar-refractivity contribution in [1.82, 2.24) is 4.72 Å². The maximum Gasteiger partial charge on any atom is 0.241 e. The van der Waals surface area contributed by atoms with Crippen molar-refractivity contribution < 1.29 is 8.42 Å². The van der Waals surface area contributed by atoms with E-state index in [0.29, 0.717) is 17.4 Å². The lowest BCUT2D eigenvalue weighted by Gasteiger charge is -2.10. The molecular formula is C13H20N2O2S. The van der Waals surface area contributed by atoms with Gasteiger partial charge in [0.1, 0.15) is 0 Å². The van der Waals surface area contributed by atoms with Gasteiger partial charge in [0.15, 0.2) is 0 Å². The first-order valence-electron chi connectivity index (χ1n) is 6.30. The molecule has 2 rings (SSSR count). The van der Waals surface area contributed by atoms with Gasteiger partial charge in [0.05, 0.1) is 4.90 Å². The second-order valence-corrected chi connectivity index (χ2v) is 6.62. The van der Waals surface area contributed by atoms with Crippen LogP contribution in [0.1, 0.15) is 30.9 Å². The van der Waals surface area contributed by atoms with Gasteiger partial charge in [0.2, 0.25) is 10.0 Å². The molecule has 0 amide bonds. The summed E-state index contributed by atoms with van der Waals surface area (Å²) in [6.45, 7) is 4.24. The van der Waals surface area contributed by atoms with Gasteiger partial charge in [-0.05, 0) is 36.5 Å². The molecule has 0 spiro atoms. The number of rotatable bonds is 5. The van der Waals surface area contributed by atoms with Crippen molar-refractivity contribution in [3.8, 4) is 0 Å². The van der Waals surface area contributed by atoms with Crippen LogP contribution in [0.5, 0.6) is 0 Å². The molecule has 0 heterocycles. The van der Waals surface area contributed by atoms with E-state index < -0.39 is 10.0 Å². The summed E-state index contributed by atoms with van der Waals surface area (Å²) in [5.74, 6) is 0.498. The fourth-order valence-electron chi connectivity index (χ4n) is 2.17. The van der Waals surface area contributed by atoms with Crippen molar-refractivity contribution in [2.24, 2.45) is 11.7 Å². The number of benzene rings is 1. The highest BCUT2D eigenvalue weighted by Gasteiger charge is 2.38. The van der Waals surface area contributed by atoms with Gasteiger partial charge < -0.3 is 5.73 Å². The topological polar surface area (TPSA) is 72.2 Å². The van der Waals surface area contributed by atoms with Crippen LogP contribution in [0.25, 0.3) is 0 Å². The Balaban J connectivity index is 2.24. The van der Waals surface area contributed by atoms with E-state index >= 15 is 0 Å². The summed E-state index contributed by atoms with van der Waals surface area (Å²) in [4.78, 5) is 0.354. The standard InChI is InChI=1S/C13H20N2O2S/c1-3-11-7-12(11)15-18(16,17)13-6-10(8-14)5-4-9(13)2/h4-6,11-12,15H,3,7-8,14H2,1-2H3. The van der Waals surface area contributed by atoms with Crippen LogP contribution in [0.4, 0.5) is 0 Å². The molecule has 0 saturated heterocycles. The number of hydrogen-bond acceptors (Lipinski definition) is 3. The van der Waals surface area contributed by atoms with E-state index in [1.807, 2.05) is 6.07 Å². The van der Waals surface area contributed by atoms with Gasteiger partial charge in [-0.1, -0.05) is 25.5 Å². The highest BCUT2D eigenvalue weighted by molar-refractivity contribution is 7.89. The van der Waals surface area contributed by atoms with Crippen molar-refractivity contribution in [2.75, 3.05) is 0 Å². The molecule has 100 valence electrons. The van der Waals surface area contributed by atoms with E-state index in [-0.39, 0.29) is 6.04 Å². The maximum absolute atomic E-state index is 12.3. The van der Waals surface area contributed by atoms with E-state index in [1.54, 1.807) is 19.1 Å². The minimum absolute atomic E-state index is 0.112. The maximum atomic E-state index is 12.3. The predicted octanol–water partition coefficient (Wildman–Crippen LogP) is 1.53. The van der Waals surface area contributed by atoms with Crippen molar-refractivity contribution in [3.05, 3.63) is 29.3 Å². The Morgan fingerprint density at radius 2 is 2.17 bits per heavy atom. The lowest BCUT2D eigenvalue weighted by molar-refractivity contribution is 0.575. The molecule has 1 aliphatic rings. The molecule has 4 nitrogen and oxygen atoms in total. The first-order valence-corrected chi connectivity index (χ1v) is 7.78. The zero-order valence-corrected chi connectivity index (χ0v) is 11.6. The smallest absolute Gasteiger partial charge is 0.241 e. The monoisotopic (exact) mass is 268 g/mol. The molecule has 1 aliphatic carbocycles. The summed E-state index contributed by atoms with van der Waals surface area (Å²) < 4.78 is 27.3. The lowest BCUT2D eigenvalue weighted by Crippen LogP contribution is -2.27. The third kappa shape index (κ3) is 2.74. The molecule has 3 N–H and O–H groups in total.